The predicted molar refractivity (Wildman–Crippen MR) is 85.9 cm³/mol. The van der Waals surface area contributed by atoms with Gasteiger partial charge in [0.05, 0.1) is 0 Å². The number of nitrogens with zero attached hydrogens (tertiary/aromatic N) is 2. The summed E-state index contributed by atoms with van der Waals surface area (Å²) >= 11 is 2.10. The monoisotopic (exact) mass is 285 g/mol. The first-order chi connectivity index (χ1) is 9.22. The number of hydrogen-bond donors (Lipinski definition) is 1. The summed E-state index contributed by atoms with van der Waals surface area (Å²) in [5.41, 5.74) is 6.49. The van der Waals surface area contributed by atoms with Crippen molar-refractivity contribution in [3.8, 4) is 0 Å². The molecular weight excluding hydrogens is 254 g/mol. The summed E-state index contributed by atoms with van der Waals surface area (Å²) in [7, 11) is 2.33. The van der Waals surface area contributed by atoms with Crippen LogP contribution in [0, 0.1) is 0 Å². The molecule has 2 aliphatic rings. The SMILES string of the molecule is CCCN1CCCC(CN)(N(C)C2CCSC2)CC1. The normalized spacial score (nSPS) is 33.8. The van der Waals surface area contributed by atoms with Gasteiger partial charge in [-0.1, -0.05) is 6.92 Å². The minimum Gasteiger partial charge on any atom is -0.329 e. The molecule has 0 aromatic heterocycles. The van der Waals surface area contributed by atoms with Crippen LogP contribution in [-0.2, 0) is 0 Å². The molecule has 0 radical (unpaired) electrons. The Morgan fingerprint density at radius 1 is 1.37 bits per heavy atom. The molecule has 0 saturated carbocycles. The van der Waals surface area contributed by atoms with Gasteiger partial charge >= 0.3 is 0 Å². The molecule has 3 nitrogen and oxygen atoms in total. The second-order valence-electron chi connectivity index (χ2n) is 6.25. The molecule has 0 aromatic rings. The minimum absolute atomic E-state index is 0.262. The molecule has 2 atom stereocenters. The van der Waals surface area contributed by atoms with Gasteiger partial charge in [-0.25, -0.2) is 0 Å². The van der Waals surface area contributed by atoms with Crippen molar-refractivity contribution in [2.45, 2.75) is 50.6 Å². The topological polar surface area (TPSA) is 32.5 Å². The molecule has 2 aliphatic heterocycles. The smallest absolute Gasteiger partial charge is 0.0344 e. The Hall–Kier alpha value is 0.230. The van der Waals surface area contributed by atoms with Crippen LogP contribution in [0.25, 0.3) is 0 Å². The third kappa shape index (κ3) is 3.66. The van der Waals surface area contributed by atoms with Gasteiger partial charge in [-0.05, 0) is 64.5 Å². The van der Waals surface area contributed by atoms with E-state index in [0.717, 1.165) is 12.6 Å². The van der Waals surface area contributed by atoms with E-state index < -0.39 is 0 Å². The lowest BCUT2D eigenvalue weighted by molar-refractivity contribution is 0.0723. The molecule has 2 N–H and O–H groups in total. The van der Waals surface area contributed by atoms with Crippen molar-refractivity contribution in [3.63, 3.8) is 0 Å². The van der Waals surface area contributed by atoms with Crippen molar-refractivity contribution in [3.05, 3.63) is 0 Å². The highest BCUT2D eigenvalue weighted by Gasteiger charge is 2.39. The largest absolute Gasteiger partial charge is 0.329 e. The summed E-state index contributed by atoms with van der Waals surface area (Å²) in [6.07, 6.45) is 6.45. The van der Waals surface area contributed by atoms with Crippen LogP contribution in [0.2, 0.25) is 0 Å². The zero-order valence-corrected chi connectivity index (χ0v) is 13.6. The quantitative estimate of drug-likeness (QED) is 0.838. The van der Waals surface area contributed by atoms with E-state index in [9.17, 15) is 0 Å². The molecule has 0 bridgehead atoms. The Morgan fingerprint density at radius 3 is 2.84 bits per heavy atom. The van der Waals surface area contributed by atoms with Crippen LogP contribution in [0.5, 0.6) is 0 Å². The van der Waals surface area contributed by atoms with E-state index in [1.807, 2.05) is 0 Å². The Labute approximate surface area is 123 Å². The van der Waals surface area contributed by atoms with Crippen LogP contribution in [0.15, 0.2) is 0 Å². The molecule has 2 unspecified atom stereocenters. The second-order valence-corrected chi connectivity index (χ2v) is 7.40. The summed E-state index contributed by atoms with van der Waals surface area (Å²) in [5.74, 6) is 2.63. The molecule has 19 heavy (non-hydrogen) atoms. The van der Waals surface area contributed by atoms with Crippen molar-refractivity contribution in [1.29, 1.82) is 0 Å². The van der Waals surface area contributed by atoms with Crippen molar-refractivity contribution < 1.29 is 0 Å². The van der Waals surface area contributed by atoms with E-state index in [0.29, 0.717) is 0 Å². The van der Waals surface area contributed by atoms with Gasteiger partial charge in [0, 0.05) is 23.9 Å². The number of hydrogen-bond acceptors (Lipinski definition) is 4. The van der Waals surface area contributed by atoms with Crippen LogP contribution in [0.4, 0.5) is 0 Å². The maximum absolute atomic E-state index is 6.23. The van der Waals surface area contributed by atoms with Crippen LogP contribution in [-0.4, -0.2) is 66.1 Å². The Morgan fingerprint density at radius 2 is 2.21 bits per heavy atom. The van der Waals surface area contributed by atoms with Crippen LogP contribution >= 0.6 is 11.8 Å². The number of thioether (sulfide) groups is 1. The number of likely N-dealkylation sites (tertiary alicyclic amines) is 1. The van der Waals surface area contributed by atoms with Gasteiger partial charge in [0.15, 0.2) is 0 Å². The number of rotatable bonds is 5. The average Bonchev–Trinajstić information content (AvgIpc) is 2.88. The standard InChI is InChI=1S/C15H31N3S/c1-3-8-18-9-4-6-15(13-16,7-10-18)17(2)14-5-11-19-12-14/h14H,3-13,16H2,1-2H3. The fourth-order valence-electron chi connectivity index (χ4n) is 3.69. The van der Waals surface area contributed by atoms with Gasteiger partial charge in [-0.3, -0.25) is 4.90 Å². The molecule has 2 rings (SSSR count). The van der Waals surface area contributed by atoms with Gasteiger partial charge < -0.3 is 10.6 Å². The van der Waals surface area contributed by atoms with E-state index in [4.69, 9.17) is 5.73 Å². The first-order valence-corrected chi connectivity index (χ1v) is 9.10. The molecule has 112 valence electrons. The van der Waals surface area contributed by atoms with E-state index >= 15 is 0 Å². The maximum Gasteiger partial charge on any atom is 0.0344 e. The number of nitrogens with two attached hydrogens (primary N) is 1. The predicted octanol–water partition coefficient (Wildman–Crippen LogP) is 2.02. The fraction of sp³-hybridized carbons (Fsp3) is 1.00. The summed E-state index contributed by atoms with van der Waals surface area (Å²) < 4.78 is 0. The molecule has 0 aliphatic carbocycles. The zero-order valence-electron chi connectivity index (χ0n) is 12.7. The average molecular weight is 286 g/mol. The first-order valence-electron chi connectivity index (χ1n) is 7.95. The number of likely N-dealkylation sites (N-methyl/N-ethyl adjacent to an activating group) is 1. The fourth-order valence-corrected chi connectivity index (χ4v) is 4.96. The van der Waals surface area contributed by atoms with Crippen molar-refractivity contribution >= 4 is 11.8 Å². The summed E-state index contributed by atoms with van der Waals surface area (Å²) in [5, 5.41) is 0. The lowest BCUT2D eigenvalue weighted by atomic mass is 9.87. The highest BCUT2D eigenvalue weighted by atomic mass is 32.2. The summed E-state index contributed by atoms with van der Waals surface area (Å²) in [6, 6.07) is 0.756. The van der Waals surface area contributed by atoms with Crippen LogP contribution in [0.1, 0.15) is 39.0 Å². The van der Waals surface area contributed by atoms with Gasteiger partial charge in [0.25, 0.3) is 0 Å². The molecule has 4 heteroatoms. The maximum atomic E-state index is 6.23. The Balaban J connectivity index is 2.00. The Kier molecular flexibility index (Phi) is 6.00. The van der Waals surface area contributed by atoms with E-state index in [2.05, 4.69) is 35.5 Å². The second kappa shape index (κ2) is 7.30. The minimum atomic E-state index is 0.262. The highest BCUT2D eigenvalue weighted by molar-refractivity contribution is 7.99. The molecular formula is C15H31N3S. The Bertz CT molecular complexity index is 268. The molecule has 0 aromatic carbocycles. The lowest BCUT2D eigenvalue weighted by Gasteiger charge is -2.44. The summed E-state index contributed by atoms with van der Waals surface area (Å²) in [6.45, 7) is 6.86. The van der Waals surface area contributed by atoms with Crippen molar-refractivity contribution in [2.24, 2.45) is 5.73 Å². The zero-order chi connectivity index (χ0) is 13.7. The van der Waals surface area contributed by atoms with Crippen molar-refractivity contribution in [2.75, 3.05) is 44.7 Å². The van der Waals surface area contributed by atoms with Crippen LogP contribution < -0.4 is 5.73 Å². The molecule has 2 heterocycles. The molecule has 2 fully saturated rings. The van der Waals surface area contributed by atoms with E-state index in [1.54, 1.807) is 0 Å². The first kappa shape index (κ1) is 15.6. The van der Waals surface area contributed by atoms with Crippen molar-refractivity contribution in [1.82, 2.24) is 9.80 Å². The highest BCUT2D eigenvalue weighted by Crippen LogP contribution is 2.33. The summed E-state index contributed by atoms with van der Waals surface area (Å²) in [4.78, 5) is 5.29. The van der Waals surface area contributed by atoms with Crippen LogP contribution in [0.3, 0.4) is 0 Å². The van der Waals surface area contributed by atoms with Gasteiger partial charge in [0.2, 0.25) is 0 Å². The van der Waals surface area contributed by atoms with E-state index in [1.165, 1.54) is 63.2 Å². The molecule has 0 spiro atoms. The van der Waals surface area contributed by atoms with Gasteiger partial charge in [-0.2, -0.15) is 11.8 Å². The third-order valence-corrected chi connectivity index (χ3v) is 6.28. The molecule has 2 saturated heterocycles. The van der Waals surface area contributed by atoms with Gasteiger partial charge in [0.1, 0.15) is 0 Å². The lowest BCUT2D eigenvalue weighted by Crippen LogP contribution is -2.56. The van der Waals surface area contributed by atoms with Gasteiger partial charge in [-0.15, -0.1) is 0 Å². The van der Waals surface area contributed by atoms with E-state index in [-0.39, 0.29) is 5.54 Å². The third-order valence-electron chi connectivity index (χ3n) is 5.13. The molecule has 0 amide bonds.